The first-order valence-corrected chi connectivity index (χ1v) is 7.81. The van der Waals surface area contributed by atoms with Gasteiger partial charge in [0.15, 0.2) is 9.84 Å². The van der Waals surface area contributed by atoms with Crippen LogP contribution in [0.15, 0.2) is 0 Å². The van der Waals surface area contributed by atoms with Gasteiger partial charge in [-0.25, -0.2) is 13.2 Å². The summed E-state index contributed by atoms with van der Waals surface area (Å²) < 4.78 is 21.7. The molecule has 1 atom stereocenters. The number of carbonyl (C=O) groups is 2. The van der Waals surface area contributed by atoms with E-state index in [0.717, 1.165) is 6.26 Å². The van der Waals surface area contributed by atoms with Crippen molar-refractivity contribution in [3.63, 3.8) is 0 Å². The van der Waals surface area contributed by atoms with E-state index in [4.69, 9.17) is 5.11 Å². The molecule has 4 N–H and O–H groups in total. The summed E-state index contributed by atoms with van der Waals surface area (Å²) >= 11 is 0. The Kier molecular flexibility index (Phi) is 5.97. The molecule has 0 aliphatic heterocycles. The molecule has 20 heavy (non-hydrogen) atoms. The van der Waals surface area contributed by atoms with Crippen LogP contribution in [0.1, 0.15) is 27.2 Å². The Balaban J connectivity index is 4.30. The molecule has 0 aliphatic rings. The van der Waals surface area contributed by atoms with Crippen molar-refractivity contribution in [2.45, 2.75) is 37.5 Å². The third-order valence-corrected chi connectivity index (χ3v) is 4.99. The number of amides is 2. The quantitative estimate of drug-likeness (QED) is 0.493. The summed E-state index contributed by atoms with van der Waals surface area (Å²) in [5.41, 5.74) is -1.57. The number of sulfone groups is 1. The number of urea groups is 1. The second kappa shape index (κ2) is 6.40. The molecular formula is C11H22N2O6S. The third-order valence-electron chi connectivity index (χ3n) is 2.84. The molecule has 0 saturated carbocycles. The van der Waals surface area contributed by atoms with E-state index < -0.39 is 38.6 Å². The van der Waals surface area contributed by atoms with Gasteiger partial charge in [0.05, 0.1) is 16.8 Å². The summed E-state index contributed by atoms with van der Waals surface area (Å²) in [6.45, 7) is 3.87. The fraction of sp³-hybridized carbons (Fsp3) is 0.818. The molecule has 0 aliphatic carbocycles. The van der Waals surface area contributed by atoms with E-state index in [0.29, 0.717) is 0 Å². The van der Waals surface area contributed by atoms with Gasteiger partial charge in [-0.15, -0.1) is 0 Å². The number of nitrogens with one attached hydrogen (secondary N) is 2. The Morgan fingerprint density at radius 1 is 1.10 bits per heavy atom. The van der Waals surface area contributed by atoms with Crippen LogP contribution in [0.25, 0.3) is 0 Å². The Morgan fingerprint density at radius 2 is 1.55 bits per heavy atom. The molecule has 1 unspecified atom stereocenters. The first-order chi connectivity index (χ1) is 8.77. The summed E-state index contributed by atoms with van der Waals surface area (Å²) in [4.78, 5) is 21.9. The highest BCUT2D eigenvalue weighted by atomic mass is 32.2. The molecule has 0 aromatic heterocycles. The second-order valence-electron chi connectivity index (χ2n) is 5.64. The Bertz CT molecular complexity index is 469. The van der Waals surface area contributed by atoms with Crippen molar-refractivity contribution in [2.75, 3.05) is 19.3 Å². The number of rotatable bonds is 7. The maximum absolute atomic E-state index is 11.5. The summed E-state index contributed by atoms with van der Waals surface area (Å²) in [6.07, 6.45) is 0.562. The number of carbonyl (C=O) groups excluding carboxylic acids is 1. The van der Waals surface area contributed by atoms with E-state index in [1.54, 1.807) is 0 Å². The van der Waals surface area contributed by atoms with E-state index in [1.807, 2.05) is 0 Å². The number of aliphatic carboxylic acids is 1. The first kappa shape index (κ1) is 18.7. The molecule has 0 rings (SSSR count). The first-order valence-electron chi connectivity index (χ1n) is 5.92. The van der Waals surface area contributed by atoms with Crippen LogP contribution >= 0.6 is 0 Å². The van der Waals surface area contributed by atoms with Crippen LogP contribution in [0, 0.1) is 0 Å². The third kappa shape index (κ3) is 6.71. The monoisotopic (exact) mass is 310 g/mol. The molecule has 0 aromatic rings. The van der Waals surface area contributed by atoms with Crippen LogP contribution in [0.5, 0.6) is 0 Å². The van der Waals surface area contributed by atoms with Gasteiger partial charge in [0.25, 0.3) is 0 Å². The van der Waals surface area contributed by atoms with Gasteiger partial charge in [0, 0.05) is 19.3 Å². The highest BCUT2D eigenvalue weighted by Crippen LogP contribution is 2.13. The van der Waals surface area contributed by atoms with Gasteiger partial charge in [-0.1, -0.05) is 0 Å². The molecule has 0 radical (unpaired) electrons. The predicted molar refractivity (Wildman–Crippen MR) is 73.2 cm³/mol. The number of carboxylic acids is 1. The van der Waals surface area contributed by atoms with Crippen LogP contribution in [0.4, 0.5) is 4.79 Å². The average molecular weight is 310 g/mol. The van der Waals surface area contributed by atoms with E-state index in [9.17, 15) is 23.1 Å². The maximum atomic E-state index is 11.5. The zero-order valence-electron chi connectivity index (χ0n) is 12.1. The summed E-state index contributed by atoms with van der Waals surface area (Å²) in [6, 6.07) is -0.674. The van der Waals surface area contributed by atoms with Crippen molar-refractivity contribution < 1.29 is 28.2 Å². The van der Waals surface area contributed by atoms with Crippen molar-refractivity contribution in [1.29, 1.82) is 0 Å². The lowest BCUT2D eigenvalue weighted by molar-refractivity contribution is -0.141. The molecule has 2 amide bonds. The van der Waals surface area contributed by atoms with Gasteiger partial charge in [0.2, 0.25) is 0 Å². The molecule has 0 saturated heterocycles. The molecule has 0 spiro atoms. The molecule has 9 heteroatoms. The number of hydrogen-bond donors (Lipinski definition) is 4. The lowest BCUT2D eigenvalue weighted by atomic mass is 10.0. The van der Waals surface area contributed by atoms with Gasteiger partial charge in [-0.05, 0) is 20.8 Å². The van der Waals surface area contributed by atoms with Crippen molar-refractivity contribution in [1.82, 2.24) is 10.6 Å². The van der Waals surface area contributed by atoms with Crippen LogP contribution in [-0.4, -0.2) is 60.3 Å². The Hall–Kier alpha value is -1.35. The number of aliphatic hydroxyl groups is 1. The minimum atomic E-state index is -3.33. The topological polar surface area (TPSA) is 133 Å². The van der Waals surface area contributed by atoms with E-state index in [1.165, 1.54) is 20.8 Å². The highest BCUT2D eigenvalue weighted by molar-refractivity contribution is 7.92. The standard InChI is InChI=1S/C11H22N2O6S/c1-10(2,20(4,18)19)6-12-9(16)13-7-11(3,17)5-8(14)15/h17H,5-7H2,1-4H3,(H,14,15)(H2,12,13,16). The van der Waals surface area contributed by atoms with Crippen LogP contribution in [-0.2, 0) is 14.6 Å². The molecule has 8 nitrogen and oxygen atoms in total. The van der Waals surface area contributed by atoms with Crippen LogP contribution in [0.2, 0.25) is 0 Å². The van der Waals surface area contributed by atoms with Crippen molar-refractivity contribution in [3.05, 3.63) is 0 Å². The van der Waals surface area contributed by atoms with Crippen molar-refractivity contribution in [3.8, 4) is 0 Å². The lowest BCUT2D eigenvalue weighted by Gasteiger charge is -2.24. The van der Waals surface area contributed by atoms with Gasteiger partial charge in [-0.3, -0.25) is 4.79 Å². The van der Waals surface area contributed by atoms with Gasteiger partial charge >= 0.3 is 12.0 Å². The SMILES string of the molecule is CC(O)(CNC(=O)NCC(C)(C)S(C)(=O)=O)CC(=O)O. The second-order valence-corrected chi connectivity index (χ2v) is 8.29. The molecule has 118 valence electrons. The summed E-state index contributed by atoms with van der Waals surface area (Å²) in [5, 5.41) is 22.9. The van der Waals surface area contributed by atoms with Crippen LogP contribution in [0.3, 0.4) is 0 Å². The van der Waals surface area contributed by atoms with E-state index in [2.05, 4.69) is 10.6 Å². The molecule has 0 bridgehead atoms. The van der Waals surface area contributed by atoms with E-state index >= 15 is 0 Å². The van der Waals surface area contributed by atoms with Gasteiger partial charge in [-0.2, -0.15) is 0 Å². The molecule has 0 heterocycles. The smallest absolute Gasteiger partial charge is 0.314 e. The zero-order chi connectivity index (χ0) is 16.2. The number of hydrogen-bond acceptors (Lipinski definition) is 5. The van der Waals surface area contributed by atoms with Crippen molar-refractivity contribution in [2.24, 2.45) is 0 Å². The Morgan fingerprint density at radius 3 is 1.95 bits per heavy atom. The largest absolute Gasteiger partial charge is 0.481 e. The zero-order valence-corrected chi connectivity index (χ0v) is 12.9. The fourth-order valence-electron chi connectivity index (χ4n) is 1.15. The minimum absolute atomic E-state index is 0.0985. The van der Waals surface area contributed by atoms with E-state index in [-0.39, 0.29) is 13.1 Å². The Labute approximate surface area is 118 Å². The predicted octanol–water partition coefficient (Wildman–Crippen LogP) is -0.665. The summed E-state index contributed by atoms with van der Waals surface area (Å²) in [7, 11) is -3.33. The van der Waals surface area contributed by atoms with Crippen molar-refractivity contribution >= 4 is 21.8 Å². The lowest BCUT2D eigenvalue weighted by Crippen LogP contribution is -2.50. The highest BCUT2D eigenvalue weighted by Gasteiger charge is 2.31. The maximum Gasteiger partial charge on any atom is 0.314 e. The molecular weight excluding hydrogens is 288 g/mol. The van der Waals surface area contributed by atoms with Gasteiger partial charge in [0.1, 0.15) is 0 Å². The summed E-state index contributed by atoms with van der Waals surface area (Å²) in [5.74, 6) is -1.18. The normalized spacial score (nSPS) is 15.2. The van der Waals surface area contributed by atoms with Crippen LogP contribution < -0.4 is 10.6 Å². The minimum Gasteiger partial charge on any atom is -0.481 e. The van der Waals surface area contributed by atoms with Gasteiger partial charge < -0.3 is 20.8 Å². The number of carboxylic acid groups (broad SMARTS) is 1. The molecule has 0 fully saturated rings. The fourth-order valence-corrected chi connectivity index (χ4v) is 1.48. The molecule has 0 aromatic carbocycles. The average Bonchev–Trinajstić information content (AvgIpc) is 2.20.